The van der Waals surface area contributed by atoms with Gasteiger partial charge in [0.2, 0.25) is 15.9 Å². The molecule has 0 bridgehead atoms. The lowest BCUT2D eigenvalue weighted by Crippen LogP contribution is -2.38. The molecule has 7 heteroatoms. The predicted molar refractivity (Wildman–Crippen MR) is 78.7 cm³/mol. The van der Waals surface area contributed by atoms with Crippen LogP contribution in [0.25, 0.3) is 0 Å². The minimum atomic E-state index is -3.73. The highest BCUT2D eigenvalue weighted by Gasteiger charge is 2.25. The number of sulfonamides is 1. The topological polar surface area (TPSA) is 83.7 Å². The number of anilines is 1. The Kier molecular flexibility index (Phi) is 5.13. The van der Waals surface area contributed by atoms with Gasteiger partial charge in [0.25, 0.3) is 0 Å². The molecule has 0 atom stereocenters. The van der Waals surface area contributed by atoms with Gasteiger partial charge in [0.05, 0.1) is 11.4 Å². The van der Waals surface area contributed by atoms with E-state index in [1.807, 2.05) is 6.92 Å². The zero-order valence-corrected chi connectivity index (χ0v) is 13.1. The number of likely N-dealkylation sites (N-methyl/N-ethyl adjacent to an activating group) is 2. The highest BCUT2D eigenvalue weighted by atomic mass is 32.2. The van der Waals surface area contributed by atoms with Crippen molar-refractivity contribution in [2.45, 2.75) is 18.2 Å². The molecule has 1 amide bonds. The van der Waals surface area contributed by atoms with Crippen LogP contribution in [0.2, 0.25) is 0 Å². The Hall–Kier alpha value is -1.60. The number of nitrogens with zero attached hydrogens (tertiary/aromatic N) is 2. The standard InChI is InChI=1S/C13H21N3O3S/c1-5-10-6-7-11(14)8-12(10)20(18,19)16(4)9-13(17)15(2)3/h6-8H,5,9,14H2,1-4H3. The number of hydrogen-bond donors (Lipinski definition) is 1. The number of nitrogen functional groups attached to an aromatic ring is 1. The summed E-state index contributed by atoms with van der Waals surface area (Å²) in [5.74, 6) is -0.280. The predicted octanol–water partition coefficient (Wildman–Crippen LogP) is 0.540. The maximum Gasteiger partial charge on any atom is 0.243 e. The van der Waals surface area contributed by atoms with Crippen molar-refractivity contribution in [3.05, 3.63) is 23.8 Å². The first-order valence-corrected chi connectivity index (χ1v) is 7.69. The van der Waals surface area contributed by atoms with Gasteiger partial charge in [0.1, 0.15) is 0 Å². The lowest BCUT2D eigenvalue weighted by molar-refractivity contribution is -0.128. The average Bonchev–Trinajstić information content (AvgIpc) is 2.38. The van der Waals surface area contributed by atoms with Crippen LogP contribution in [0.3, 0.4) is 0 Å². The summed E-state index contributed by atoms with van der Waals surface area (Å²) in [6, 6.07) is 4.80. The maximum atomic E-state index is 12.5. The van der Waals surface area contributed by atoms with Crippen molar-refractivity contribution < 1.29 is 13.2 Å². The van der Waals surface area contributed by atoms with Gasteiger partial charge in [-0.15, -0.1) is 0 Å². The van der Waals surface area contributed by atoms with Gasteiger partial charge in [-0.3, -0.25) is 4.79 Å². The number of carbonyl (C=O) groups excluding carboxylic acids is 1. The fourth-order valence-corrected chi connectivity index (χ4v) is 3.13. The molecule has 0 fully saturated rings. The molecule has 1 aromatic carbocycles. The molecule has 0 aromatic heterocycles. The van der Waals surface area contributed by atoms with Crippen molar-refractivity contribution in [1.29, 1.82) is 0 Å². The fourth-order valence-electron chi connectivity index (χ4n) is 1.69. The van der Waals surface area contributed by atoms with Crippen LogP contribution in [0, 0.1) is 0 Å². The second kappa shape index (κ2) is 6.23. The third kappa shape index (κ3) is 3.49. The number of amides is 1. The van der Waals surface area contributed by atoms with E-state index in [1.54, 1.807) is 26.2 Å². The Labute approximate surface area is 120 Å². The molecule has 0 aliphatic heterocycles. The van der Waals surface area contributed by atoms with Gasteiger partial charge in [-0.1, -0.05) is 13.0 Å². The second-order valence-corrected chi connectivity index (χ2v) is 6.78. The lowest BCUT2D eigenvalue weighted by atomic mass is 10.1. The third-order valence-electron chi connectivity index (χ3n) is 3.02. The molecule has 0 saturated heterocycles. The molecular weight excluding hydrogens is 278 g/mol. The Balaban J connectivity index is 3.16. The minimum absolute atomic E-state index is 0.161. The molecule has 2 N–H and O–H groups in total. The number of nitrogens with two attached hydrogens (primary N) is 1. The van der Waals surface area contributed by atoms with E-state index in [-0.39, 0.29) is 17.3 Å². The summed E-state index contributed by atoms with van der Waals surface area (Å²) in [4.78, 5) is 13.2. The zero-order valence-electron chi connectivity index (χ0n) is 12.3. The van der Waals surface area contributed by atoms with Crippen LogP contribution < -0.4 is 5.73 Å². The molecule has 1 rings (SSSR count). The van der Waals surface area contributed by atoms with Gasteiger partial charge in [-0.2, -0.15) is 4.31 Å². The molecule has 6 nitrogen and oxygen atoms in total. The van der Waals surface area contributed by atoms with E-state index in [2.05, 4.69) is 0 Å². The average molecular weight is 299 g/mol. The van der Waals surface area contributed by atoms with Gasteiger partial charge in [0.15, 0.2) is 0 Å². The quantitative estimate of drug-likeness (QED) is 0.804. The van der Waals surface area contributed by atoms with Crippen LogP contribution in [0.15, 0.2) is 23.1 Å². The summed E-state index contributed by atoms with van der Waals surface area (Å²) in [5, 5.41) is 0. The molecule has 1 aromatic rings. The number of carbonyl (C=O) groups is 1. The molecule has 112 valence electrons. The molecule has 0 spiro atoms. The highest BCUT2D eigenvalue weighted by molar-refractivity contribution is 7.89. The lowest BCUT2D eigenvalue weighted by Gasteiger charge is -2.20. The molecule has 0 radical (unpaired) electrons. The Bertz CT molecular complexity index is 597. The smallest absolute Gasteiger partial charge is 0.243 e. The summed E-state index contributed by atoms with van der Waals surface area (Å²) in [5.41, 5.74) is 6.74. The monoisotopic (exact) mass is 299 g/mol. The zero-order chi connectivity index (χ0) is 15.5. The van der Waals surface area contributed by atoms with Gasteiger partial charge < -0.3 is 10.6 Å². The van der Waals surface area contributed by atoms with E-state index in [0.29, 0.717) is 17.7 Å². The van der Waals surface area contributed by atoms with Gasteiger partial charge in [-0.25, -0.2) is 8.42 Å². The summed E-state index contributed by atoms with van der Waals surface area (Å²) in [6.45, 7) is 1.67. The summed E-state index contributed by atoms with van der Waals surface area (Å²) >= 11 is 0. The normalized spacial score (nSPS) is 11.7. The van der Waals surface area contributed by atoms with E-state index in [1.165, 1.54) is 18.0 Å². The molecule has 0 saturated carbocycles. The number of hydrogen-bond acceptors (Lipinski definition) is 4. The first-order chi connectivity index (χ1) is 9.20. The van der Waals surface area contributed by atoms with Crippen molar-refractivity contribution in [3.63, 3.8) is 0 Å². The van der Waals surface area contributed by atoms with Gasteiger partial charge in [-0.05, 0) is 24.1 Å². The fraction of sp³-hybridized carbons (Fsp3) is 0.462. The van der Waals surface area contributed by atoms with E-state index < -0.39 is 10.0 Å². The van der Waals surface area contributed by atoms with Crippen molar-refractivity contribution in [3.8, 4) is 0 Å². The van der Waals surface area contributed by atoms with E-state index in [4.69, 9.17) is 5.73 Å². The van der Waals surface area contributed by atoms with Crippen molar-refractivity contribution in [1.82, 2.24) is 9.21 Å². The van der Waals surface area contributed by atoms with Crippen LogP contribution in [0.5, 0.6) is 0 Å². The van der Waals surface area contributed by atoms with Crippen molar-refractivity contribution in [2.24, 2.45) is 0 Å². The molecule has 0 unspecified atom stereocenters. The van der Waals surface area contributed by atoms with E-state index in [0.717, 1.165) is 4.31 Å². The molecular formula is C13H21N3O3S. The number of benzene rings is 1. The SMILES string of the molecule is CCc1ccc(N)cc1S(=O)(=O)N(C)CC(=O)N(C)C. The third-order valence-corrected chi connectivity index (χ3v) is 4.90. The van der Waals surface area contributed by atoms with Crippen LogP contribution in [-0.4, -0.2) is 51.2 Å². The second-order valence-electron chi connectivity index (χ2n) is 4.77. The highest BCUT2D eigenvalue weighted by Crippen LogP contribution is 2.22. The Morgan fingerprint density at radius 1 is 1.25 bits per heavy atom. The van der Waals surface area contributed by atoms with E-state index in [9.17, 15) is 13.2 Å². The largest absolute Gasteiger partial charge is 0.399 e. The molecule has 0 aliphatic carbocycles. The van der Waals surface area contributed by atoms with Crippen LogP contribution in [-0.2, 0) is 21.2 Å². The summed E-state index contributed by atoms with van der Waals surface area (Å²) < 4.78 is 26.1. The van der Waals surface area contributed by atoms with Gasteiger partial charge >= 0.3 is 0 Å². The van der Waals surface area contributed by atoms with Gasteiger partial charge in [0, 0.05) is 26.8 Å². The first kappa shape index (κ1) is 16.5. The Morgan fingerprint density at radius 3 is 2.35 bits per heavy atom. The maximum absolute atomic E-state index is 12.5. The van der Waals surface area contributed by atoms with Crippen molar-refractivity contribution >= 4 is 21.6 Å². The first-order valence-electron chi connectivity index (χ1n) is 6.25. The summed E-state index contributed by atoms with van der Waals surface area (Å²) in [6.07, 6.45) is 0.574. The van der Waals surface area contributed by atoms with Crippen LogP contribution in [0.4, 0.5) is 5.69 Å². The number of rotatable bonds is 5. The van der Waals surface area contributed by atoms with Crippen LogP contribution >= 0.6 is 0 Å². The van der Waals surface area contributed by atoms with Crippen molar-refractivity contribution in [2.75, 3.05) is 33.4 Å². The minimum Gasteiger partial charge on any atom is -0.399 e. The van der Waals surface area contributed by atoms with Crippen LogP contribution in [0.1, 0.15) is 12.5 Å². The Morgan fingerprint density at radius 2 is 1.85 bits per heavy atom. The molecule has 20 heavy (non-hydrogen) atoms. The summed E-state index contributed by atoms with van der Waals surface area (Å²) in [7, 11) is 0.829. The number of aryl methyl sites for hydroxylation is 1. The molecule has 0 aliphatic rings. The molecule has 0 heterocycles. The van der Waals surface area contributed by atoms with E-state index >= 15 is 0 Å².